The van der Waals surface area contributed by atoms with Crippen molar-refractivity contribution >= 4 is 17.7 Å². The van der Waals surface area contributed by atoms with E-state index in [4.69, 9.17) is 4.99 Å². The average molecular weight is 283 g/mol. The summed E-state index contributed by atoms with van der Waals surface area (Å²) in [6.45, 7) is 10.9. The molecule has 0 aromatic carbocycles. The Morgan fingerprint density at radius 3 is 2.58 bits per heavy atom. The minimum absolute atomic E-state index is 0.231. The predicted molar refractivity (Wildman–Crippen MR) is 86.0 cm³/mol. The molecule has 1 spiro atoms. The Kier molecular flexibility index (Phi) is 4.70. The fourth-order valence-corrected chi connectivity index (χ4v) is 3.15. The van der Waals surface area contributed by atoms with Crippen molar-refractivity contribution in [3.05, 3.63) is 0 Å². The van der Waals surface area contributed by atoms with E-state index >= 15 is 0 Å². The summed E-state index contributed by atoms with van der Waals surface area (Å²) in [4.78, 5) is 7.36. The first-order valence-electron chi connectivity index (χ1n) is 7.59. The molecule has 1 aliphatic heterocycles. The van der Waals surface area contributed by atoms with Crippen LogP contribution in [0.3, 0.4) is 0 Å². The van der Waals surface area contributed by atoms with Gasteiger partial charge in [-0.2, -0.15) is 11.8 Å². The first kappa shape index (κ1) is 15.0. The maximum Gasteiger partial charge on any atom is 0.193 e. The van der Waals surface area contributed by atoms with E-state index in [1.165, 1.54) is 38.8 Å². The molecule has 0 aromatic heterocycles. The Labute approximate surface area is 122 Å². The van der Waals surface area contributed by atoms with E-state index in [0.717, 1.165) is 19.0 Å². The molecule has 0 bridgehead atoms. The molecule has 3 nitrogen and oxygen atoms in total. The molecule has 2 fully saturated rings. The maximum atomic E-state index is 4.87. The number of nitrogens with zero attached hydrogens (tertiary/aromatic N) is 2. The highest BCUT2D eigenvalue weighted by Crippen LogP contribution is 2.47. The lowest BCUT2D eigenvalue weighted by Crippen LogP contribution is -2.43. The Morgan fingerprint density at radius 1 is 1.37 bits per heavy atom. The zero-order valence-electron chi connectivity index (χ0n) is 13.0. The topological polar surface area (TPSA) is 27.6 Å². The second kappa shape index (κ2) is 5.94. The van der Waals surface area contributed by atoms with Gasteiger partial charge >= 0.3 is 0 Å². The Balaban J connectivity index is 1.97. The molecule has 1 saturated carbocycles. The Hall–Kier alpha value is -0.380. The van der Waals surface area contributed by atoms with Crippen LogP contribution >= 0.6 is 11.8 Å². The molecule has 0 aromatic rings. The molecule has 2 aliphatic rings. The lowest BCUT2D eigenvalue weighted by molar-refractivity contribution is 0.151. The van der Waals surface area contributed by atoms with Crippen molar-refractivity contribution < 1.29 is 0 Å². The van der Waals surface area contributed by atoms with Crippen molar-refractivity contribution in [3.8, 4) is 0 Å². The van der Waals surface area contributed by atoms with Crippen molar-refractivity contribution in [2.75, 3.05) is 32.4 Å². The van der Waals surface area contributed by atoms with Crippen LogP contribution < -0.4 is 5.32 Å². The van der Waals surface area contributed by atoms with Crippen LogP contribution in [-0.4, -0.2) is 48.0 Å². The van der Waals surface area contributed by atoms with Gasteiger partial charge in [0, 0.05) is 24.4 Å². The van der Waals surface area contributed by atoms with E-state index in [1.807, 2.05) is 11.8 Å². The largest absolute Gasteiger partial charge is 0.357 e. The van der Waals surface area contributed by atoms with E-state index < -0.39 is 0 Å². The highest BCUT2D eigenvalue weighted by Gasteiger charge is 2.43. The third-order valence-electron chi connectivity index (χ3n) is 4.65. The second-order valence-corrected chi connectivity index (χ2v) is 8.17. The van der Waals surface area contributed by atoms with Gasteiger partial charge in [-0.3, -0.25) is 4.99 Å². The van der Waals surface area contributed by atoms with Gasteiger partial charge in [0.1, 0.15) is 0 Å². The highest BCUT2D eigenvalue weighted by atomic mass is 32.2. The number of guanidine groups is 1. The van der Waals surface area contributed by atoms with Crippen molar-refractivity contribution in [2.45, 2.75) is 51.2 Å². The third kappa shape index (κ3) is 3.59. The number of aliphatic imine (C=N–C) groups is 1. The average Bonchev–Trinajstić information content (AvgIpc) is 2.79. The minimum Gasteiger partial charge on any atom is -0.357 e. The van der Waals surface area contributed by atoms with E-state index in [1.54, 1.807) is 0 Å². The molecule has 1 saturated heterocycles. The molecule has 1 N–H and O–H groups in total. The van der Waals surface area contributed by atoms with Gasteiger partial charge < -0.3 is 10.2 Å². The minimum atomic E-state index is 0.231. The summed E-state index contributed by atoms with van der Waals surface area (Å²) in [6.07, 6.45) is 7.82. The molecule has 0 unspecified atom stereocenters. The molecular formula is C15H29N3S. The quantitative estimate of drug-likeness (QED) is 0.635. The van der Waals surface area contributed by atoms with E-state index in [9.17, 15) is 0 Å². The van der Waals surface area contributed by atoms with Crippen LogP contribution in [0.2, 0.25) is 0 Å². The highest BCUT2D eigenvalue weighted by molar-refractivity contribution is 7.99. The van der Waals surface area contributed by atoms with Gasteiger partial charge in [-0.15, -0.1) is 0 Å². The van der Waals surface area contributed by atoms with Crippen LogP contribution in [-0.2, 0) is 0 Å². The molecule has 0 atom stereocenters. The monoisotopic (exact) mass is 283 g/mol. The molecule has 0 amide bonds. The van der Waals surface area contributed by atoms with Crippen molar-refractivity contribution in [1.82, 2.24) is 10.2 Å². The van der Waals surface area contributed by atoms with Crippen molar-refractivity contribution in [3.63, 3.8) is 0 Å². The molecule has 110 valence electrons. The molecule has 1 heterocycles. The van der Waals surface area contributed by atoms with Crippen LogP contribution in [0.25, 0.3) is 0 Å². The molecule has 4 heteroatoms. The summed E-state index contributed by atoms with van der Waals surface area (Å²) >= 11 is 1.89. The van der Waals surface area contributed by atoms with Crippen molar-refractivity contribution in [2.24, 2.45) is 10.4 Å². The van der Waals surface area contributed by atoms with Gasteiger partial charge in [-0.05, 0) is 51.7 Å². The first-order valence-corrected chi connectivity index (χ1v) is 8.81. The van der Waals surface area contributed by atoms with Gasteiger partial charge in [0.05, 0.1) is 6.54 Å². The van der Waals surface area contributed by atoms with Gasteiger partial charge in [0.2, 0.25) is 0 Å². The summed E-state index contributed by atoms with van der Waals surface area (Å²) in [5.74, 6) is 1.13. The summed E-state index contributed by atoms with van der Waals surface area (Å²) in [6, 6.07) is 0. The number of rotatable bonds is 4. The number of hydrogen-bond acceptors (Lipinski definition) is 2. The number of nitrogens with one attached hydrogen (secondary N) is 1. The van der Waals surface area contributed by atoms with Crippen LogP contribution in [0.1, 0.15) is 46.5 Å². The zero-order valence-corrected chi connectivity index (χ0v) is 13.8. The second-order valence-electron chi connectivity index (χ2n) is 6.66. The van der Waals surface area contributed by atoms with Crippen molar-refractivity contribution in [1.29, 1.82) is 0 Å². The van der Waals surface area contributed by atoms with E-state index in [2.05, 4.69) is 37.2 Å². The Bertz CT molecular complexity index is 334. The summed E-state index contributed by atoms with van der Waals surface area (Å²) in [5.41, 5.74) is 0.644. The molecule has 1 aliphatic carbocycles. The van der Waals surface area contributed by atoms with Crippen LogP contribution in [0.4, 0.5) is 0 Å². The number of hydrogen-bond donors (Lipinski definition) is 1. The third-order valence-corrected chi connectivity index (χ3v) is 5.88. The van der Waals surface area contributed by atoms with E-state index in [0.29, 0.717) is 5.41 Å². The predicted octanol–water partition coefficient (Wildman–Crippen LogP) is 2.97. The molecule has 2 rings (SSSR count). The smallest absolute Gasteiger partial charge is 0.193 e. The molecule has 0 radical (unpaired) electrons. The van der Waals surface area contributed by atoms with E-state index in [-0.39, 0.29) is 4.75 Å². The van der Waals surface area contributed by atoms with Gasteiger partial charge in [-0.25, -0.2) is 0 Å². The maximum absolute atomic E-state index is 4.87. The zero-order chi connectivity index (χ0) is 13.9. The van der Waals surface area contributed by atoms with Crippen LogP contribution in [0.15, 0.2) is 4.99 Å². The fraction of sp³-hybridized carbons (Fsp3) is 0.933. The SMILES string of the molecule is CCNC(=NCC(C)(C)SC)N1CCC2(CCC2)C1. The number of likely N-dealkylation sites (tertiary alicyclic amines) is 1. The molecular weight excluding hydrogens is 254 g/mol. The summed E-state index contributed by atoms with van der Waals surface area (Å²) < 4.78 is 0.231. The summed E-state index contributed by atoms with van der Waals surface area (Å²) in [5, 5.41) is 3.47. The normalized spacial score (nSPS) is 22.7. The van der Waals surface area contributed by atoms with Gasteiger partial charge in [0.25, 0.3) is 0 Å². The van der Waals surface area contributed by atoms with Crippen LogP contribution in [0.5, 0.6) is 0 Å². The van der Waals surface area contributed by atoms with Gasteiger partial charge in [0.15, 0.2) is 5.96 Å². The van der Waals surface area contributed by atoms with Gasteiger partial charge in [-0.1, -0.05) is 6.42 Å². The Morgan fingerprint density at radius 2 is 2.11 bits per heavy atom. The molecule has 19 heavy (non-hydrogen) atoms. The first-order chi connectivity index (χ1) is 9.00. The number of thioether (sulfide) groups is 1. The summed E-state index contributed by atoms with van der Waals surface area (Å²) in [7, 11) is 0. The van der Waals surface area contributed by atoms with Crippen LogP contribution in [0, 0.1) is 5.41 Å². The standard InChI is InChI=1S/C15H29N3S/c1-5-16-13(17-11-14(2,3)19-4)18-10-9-15(12-18)7-6-8-15/h5-12H2,1-4H3,(H,16,17). The fourth-order valence-electron chi connectivity index (χ4n) is 2.96. The lowest BCUT2D eigenvalue weighted by Gasteiger charge is -2.38. The lowest BCUT2D eigenvalue weighted by atomic mass is 9.68.